The molecule has 0 atom stereocenters. The van der Waals surface area contributed by atoms with Crippen molar-refractivity contribution in [2.45, 2.75) is 65.2 Å². The van der Waals surface area contributed by atoms with Crippen molar-refractivity contribution in [3.8, 4) is 22.3 Å². The van der Waals surface area contributed by atoms with Crippen molar-refractivity contribution in [2.75, 3.05) is 0 Å². The van der Waals surface area contributed by atoms with Crippen LogP contribution in [-0.2, 0) is 10.8 Å². The van der Waals surface area contributed by atoms with E-state index in [1.54, 1.807) is 22.3 Å². The number of hydrogen-bond donors (Lipinski definition) is 0. The number of fused-ring (bicyclic) bond motifs is 9. The summed E-state index contributed by atoms with van der Waals surface area (Å²) in [4.78, 5) is 0. The number of rotatable bonds is 2. The van der Waals surface area contributed by atoms with Crippen LogP contribution in [0.5, 0.6) is 0 Å². The third-order valence-electron chi connectivity index (χ3n) is 13.5. The van der Waals surface area contributed by atoms with Gasteiger partial charge in [-0.05, 0) is 172 Å². The summed E-state index contributed by atoms with van der Waals surface area (Å²) in [7, 11) is 0. The van der Waals surface area contributed by atoms with Crippen LogP contribution in [0, 0.1) is 13.8 Å². The van der Waals surface area contributed by atoms with Crippen LogP contribution < -0.4 is 0 Å². The Morgan fingerprint density at radius 2 is 0.685 bits per heavy atom. The smallest absolute Gasteiger partial charge is 0.0159 e. The first-order valence-corrected chi connectivity index (χ1v) is 19.7. The third kappa shape index (κ3) is 4.15. The van der Waals surface area contributed by atoms with Gasteiger partial charge in [-0.1, -0.05) is 137 Å². The Hall–Kier alpha value is -5.72. The zero-order valence-electron chi connectivity index (χ0n) is 32.1. The second-order valence-electron chi connectivity index (χ2n) is 17.3. The molecule has 0 heteroatoms. The Bertz CT molecular complexity index is 2730. The van der Waals surface area contributed by atoms with Crippen LogP contribution in [0.3, 0.4) is 0 Å². The number of hydrogen-bond acceptors (Lipinski definition) is 0. The lowest BCUT2D eigenvalue weighted by Gasteiger charge is -2.35. The highest BCUT2D eigenvalue weighted by Gasteiger charge is 2.50. The molecular formula is C54H44. The van der Waals surface area contributed by atoms with E-state index in [9.17, 15) is 0 Å². The van der Waals surface area contributed by atoms with Gasteiger partial charge in [-0.2, -0.15) is 0 Å². The van der Waals surface area contributed by atoms with Gasteiger partial charge in [0, 0.05) is 10.8 Å². The van der Waals surface area contributed by atoms with E-state index in [0.29, 0.717) is 0 Å². The van der Waals surface area contributed by atoms with E-state index in [2.05, 4.69) is 175 Å². The molecule has 54 heavy (non-hydrogen) atoms. The summed E-state index contributed by atoms with van der Waals surface area (Å²) >= 11 is 0. The predicted octanol–water partition coefficient (Wildman–Crippen LogP) is 14.8. The first-order valence-electron chi connectivity index (χ1n) is 19.7. The zero-order valence-corrected chi connectivity index (χ0v) is 32.1. The molecule has 0 spiro atoms. The molecule has 0 fully saturated rings. The first-order chi connectivity index (χ1) is 26.1. The topological polar surface area (TPSA) is 0 Å². The third-order valence-corrected chi connectivity index (χ3v) is 13.5. The Kier molecular flexibility index (Phi) is 6.43. The highest BCUT2D eigenvalue weighted by atomic mass is 14.5. The molecule has 0 bridgehead atoms. The second-order valence-corrected chi connectivity index (χ2v) is 17.3. The molecule has 0 heterocycles. The molecule has 0 unspecified atom stereocenters. The van der Waals surface area contributed by atoms with E-state index >= 15 is 0 Å². The van der Waals surface area contributed by atoms with E-state index in [4.69, 9.17) is 0 Å². The van der Waals surface area contributed by atoms with Crippen molar-refractivity contribution in [3.05, 3.63) is 178 Å². The SMILES string of the molecule is Cc1cc(-c2c3ccccc3cc3ccccc23)cc2c1C1=C(C3=C(CC1)c1c(C)cc(-c4c5ccccc5cc5ccccc45)cc1C3(C)C)C2(C)C. The van der Waals surface area contributed by atoms with Crippen molar-refractivity contribution >= 4 is 54.2 Å². The molecular weight excluding hydrogens is 649 g/mol. The summed E-state index contributed by atoms with van der Waals surface area (Å²) < 4.78 is 0. The summed E-state index contributed by atoms with van der Waals surface area (Å²) in [6, 6.07) is 50.5. The maximum absolute atomic E-state index is 2.57. The number of benzene rings is 8. The van der Waals surface area contributed by atoms with Crippen LogP contribution in [0.4, 0.5) is 0 Å². The predicted molar refractivity (Wildman–Crippen MR) is 232 cm³/mol. The molecule has 0 radical (unpaired) electrons. The maximum Gasteiger partial charge on any atom is 0.0159 e. The Morgan fingerprint density at radius 3 is 1.02 bits per heavy atom. The standard InChI is InChI=1S/C54H44/c1-31-25-37(49-39-19-11-7-15-33(39)27-34-16-8-12-20-40(34)49)29-45-47(31)43-23-24-44-48-32(2)26-38(30-46(48)54(5,6)52(44)51(43)53(45,3)4)50-41-21-13-9-17-35(41)28-36-18-10-14-22-42(36)50/h7-22,25-30H,23-24H2,1-6H3. The fourth-order valence-corrected chi connectivity index (χ4v) is 11.2. The Morgan fingerprint density at radius 1 is 0.370 bits per heavy atom. The van der Waals surface area contributed by atoms with E-state index in [1.807, 2.05) is 0 Å². The van der Waals surface area contributed by atoms with E-state index in [1.165, 1.54) is 98.7 Å². The average Bonchev–Trinajstić information content (AvgIpc) is 3.55. The molecule has 0 amide bonds. The summed E-state index contributed by atoms with van der Waals surface area (Å²) in [5, 5.41) is 10.5. The van der Waals surface area contributed by atoms with Gasteiger partial charge in [-0.3, -0.25) is 0 Å². The lowest BCUT2D eigenvalue weighted by atomic mass is 9.67. The average molecular weight is 693 g/mol. The minimum absolute atomic E-state index is 0.130. The van der Waals surface area contributed by atoms with Crippen molar-refractivity contribution in [1.29, 1.82) is 0 Å². The van der Waals surface area contributed by atoms with Gasteiger partial charge in [-0.15, -0.1) is 0 Å². The number of aryl methyl sites for hydroxylation is 2. The molecule has 8 aromatic rings. The molecule has 8 aromatic carbocycles. The second kappa shape index (κ2) is 10.9. The Labute approximate surface area is 318 Å². The molecule has 3 aliphatic rings. The van der Waals surface area contributed by atoms with Gasteiger partial charge in [0.1, 0.15) is 0 Å². The van der Waals surface area contributed by atoms with Crippen LogP contribution in [0.15, 0.2) is 145 Å². The summed E-state index contributed by atoms with van der Waals surface area (Å²) in [5.74, 6) is 0. The van der Waals surface area contributed by atoms with E-state index in [-0.39, 0.29) is 10.8 Å². The van der Waals surface area contributed by atoms with E-state index < -0.39 is 0 Å². The van der Waals surface area contributed by atoms with Gasteiger partial charge < -0.3 is 0 Å². The van der Waals surface area contributed by atoms with E-state index in [0.717, 1.165) is 12.8 Å². The van der Waals surface area contributed by atoms with Crippen LogP contribution in [0.1, 0.15) is 73.9 Å². The molecule has 11 rings (SSSR count). The van der Waals surface area contributed by atoms with Crippen LogP contribution in [0.25, 0.3) is 76.5 Å². The summed E-state index contributed by atoms with van der Waals surface area (Å²) in [6.45, 7) is 14.8. The lowest BCUT2D eigenvalue weighted by molar-refractivity contribution is 0.579. The number of allylic oxidation sites excluding steroid dienone is 4. The molecule has 0 nitrogen and oxygen atoms in total. The first kappa shape index (κ1) is 31.8. The van der Waals surface area contributed by atoms with Gasteiger partial charge in [0.15, 0.2) is 0 Å². The van der Waals surface area contributed by atoms with Crippen molar-refractivity contribution < 1.29 is 0 Å². The minimum atomic E-state index is -0.130. The van der Waals surface area contributed by atoms with Crippen molar-refractivity contribution in [3.63, 3.8) is 0 Å². The molecule has 0 saturated carbocycles. The molecule has 0 aromatic heterocycles. The van der Waals surface area contributed by atoms with Gasteiger partial charge >= 0.3 is 0 Å². The highest BCUT2D eigenvalue weighted by Crippen LogP contribution is 2.64. The Balaban J connectivity index is 1.09. The normalized spacial score (nSPS) is 16.7. The van der Waals surface area contributed by atoms with Gasteiger partial charge in [0.2, 0.25) is 0 Å². The summed E-state index contributed by atoms with van der Waals surface area (Å²) in [6.07, 6.45) is 2.18. The van der Waals surface area contributed by atoms with Crippen molar-refractivity contribution in [2.24, 2.45) is 0 Å². The molecule has 0 N–H and O–H groups in total. The largest absolute Gasteiger partial charge is 0.0616 e. The van der Waals surface area contributed by atoms with Crippen LogP contribution in [0.2, 0.25) is 0 Å². The maximum atomic E-state index is 2.57. The lowest BCUT2D eigenvalue weighted by Crippen LogP contribution is -2.27. The fraction of sp³-hybridized carbons (Fsp3) is 0.185. The van der Waals surface area contributed by atoms with Gasteiger partial charge in [0.25, 0.3) is 0 Å². The molecule has 260 valence electrons. The monoisotopic (exact) mass is 692 g/mol. The minimum Gasteiger partial charge on any atom is -0.0616 e. The molecule has 0 aliphatic heterocycles. The van der Waals surface area contributed by atoms with Crippen LogP contribution >= 0.6 is 0 Å². The highest BCUT2D eigenvalue weighted by molar-refractivity contribution is 6.14. The molecule has 0 saturated heterocycles. The fourth-order valence-electron chi connectivity index (χ4n) is 11.2. The van der Waals surface area contributed by atoms with Gasteiger partial charge in [0.05, 0.1) is 0 Å². The molecule has 3 aliphatic carbocycles. The van der Waals surface area contributed by atoms with Crippen LogP contribution in [-0.4, -0.2) is 0 Å². The van der Waals surface area contributed by atoms with Gasteiger partial charge in [-0.25, -0.2) is 0 Å². The summed E-state index contributed by atoms with van der Waals surface area (Å²) in [5.41, 5.74) is 20.2. The quantitative estimate of drug-likeness (QED) is 0.158. The van der Waals surface area contributed by atoms with Crippen molar-refractivity contribution in [1.82, 2.24) is 0 Å². The zero-order chi connectivity index (χ0) is 36.7.